The third-order valence-electron chi connectivity index (χ3n) is 1.10. The van der Waals surface area contributed by atoms with Crippen LogP contribution in [-0.4, -0.2) is 0 Å². The highest BCUT2D eigenvalue weighted by molar-refractivity contribution is 9.10. The van der Waals surface area contributed by atoms with Crippen molar-refractivity contribution in [2.75, 3.05) is 0 Å². The van der Waals surface area contributed by atoms with Crippen molar-refractivity contribution < 1.29 is 0 Å². The smallest absolute Gasteiger partial charge is 0.0628 e. The molecule has 0 nitrogen and oxygen atoms in total. The first-order valence-corrected chi connectivity index (χ1v) is 3.67. The summed E-state index contributed by atoms with van der Waals surface area (Å²) in [5.41, 5.74) is 1.05. The van der Waals surface area contributed by atoms with Gasteiger partial charge in [-0.1, -0.05) is 34.0 Å². The van der Waals surface area contributed by atoms with Gasteiger partial charge in [0.2, 0.25) is 0 Å². The van der Waals surface area contributed by atoms with Gasteiger partial charge in [0.15, 0.2) is 0 Å². The maximum Gasteiger partial charge on any atom is 0.0628 e. The Bertz CT molecular complexity index is 258. The van der Waals surface area contributed by atoms with Gasteiger partial charge in [-0.15, -0.1) is 6.42 Å². The van der Waals surface area contributed by atoms with Crippen molar-refractivity contribution in [1.29, 1.82) is 0 Å². The van der Waals surface area contributed by atoms with E-state index in [0.29, 0.717) is 0 Å². The Morgan fingerprint density at radius 3 is 2.90 bits per heavy atom. The molecule has 1 radical (unpaired) electrons. The monoisotopic (exact) mass is 193 g/mol. The molecule has 1 aromatic rings. The molecule has 1 heteroatoms. The Hall–Kier alpha value is -0.740. The van der Waals surface area contributed by atoms with Gasteiger partial charge in [0.05, 0.1) is 6.42 Å². The lowest BCUT2D eigenvalue weighted by Crippen LogP contribution is -1.75. The average molecular weight is 194 g/mol. The molecule has 0 saturated carbocycles. The third-order valence-corrected chi connectivity index (χ3v) is 1.59. The van der Waals surface area contributed by atoms with Crippen LogP contribution in [0.1, 0.15) is 5.56 Å². The molecule has 0 aliphatic heterocycles. The van der Waals surface area contributed by atoms with Crippen molar-refractivity contribution in [2.45, 2.75) is 0 Å². The van der Waals surface area contributed by atoms with Crippen LogP contribution in [-0.2, 0) is 0 Å². The molecule has 0 spiro atoms. The molecule has 10 heavy (non-hydrogen) atoms. The van der Waals surface area contributed by atoms with Crippen LogP contribution in [0.2, 0.25) is 0 Å². The Kier molecular flexibility index (Phi) is 2.53. The summed E-state index contributed by atoms with van der Waals surface area (Å²) < 4.78 is 1.05. The highest BCUT2D eigenvalue weighted by Crippen LogP contribution is 2.12. The minimum atomic E-state index is 1.05. The second kappa shape index (κ2) is 3.43. The van der Waals surface area contributed by atoms with Gasteiger partial charge in [-0.05, 0) is 17.7 Å². The van der Waals surface area contributed by atoms with E-state index in [1.54, 1.807) is 6.42 Å². The Balaban J connectivity index is 2.87. The van der Waals surface area contributed by atoms with E-state index >= 15 is 0 Å². The first-order chi connectivity index (χ1) is 4.83. The van der Waals surface area contributed by atoms with Crippen LogP contribution in [0, 0.1) is 18.8 Å². The van der Waals surface area contributed by atoms with Crippen molar-refractivity contribution in [1.82, 2.24) is 0 Å². The third kappa shape index (κ3) is 1.89. The van der Waals surface area contributed by atoms with Gasteiger partial charge in [0.1, 0.15) is 0 Å². The summed E-state index contributed by atoms with van der Waals surface area (Å²) in [7, 11) is 0. The van der Waals surface area contributed by atoms with Crippen LogP contribution >= 0.6 is 15.9 Å². The quantitative estimate of drug-likeness (QED) is 0.603. The van der Waals surface area contributed by atoms with Crippen LogP contribution in [0.4, 0.5) is 0 Å². The van der Waals surface area contributed by atoms with Crippen molar-refractivity contribution in [3.05, 3.63) is 40.7 Å². The summed E-state index contributed by atoms with van der Waals surface area (Å²) in [4.78, 5) is 0. The van der Waals surface area contributed by atoms with E-state index in [1.807, 2.05) is 24.3 Å². The summed E-state index contributed by atoms with van der Waals surface area (Å²) in [6.07, 6.45) is 6.82. The van der Waals surface area contributed by atoms with Crippen LogP contribution in [0.15, 0.2) is 28.7 Å². The minimum absolute atomic E-state index is 1.05. The molecular formula is C9H6Br. The van der Waals surface area contributed by atoms with E-state index in [-0.39, 0.29) is 0 Å². The summed E-state index contributed by atoms with van der Waals surface area (Å²) in [5, 5.41) is 0. The molecule has 49 valence electrons. The van der Waals surface area contributed by atoms with Gasteiger partial charge in [0, 0.05) is 4.47 Å². The predicted octanol–water partition coefficient (Wildman–Crippen LogP) is 2.63. The van der Waals surface area contributed by atoms with Crippen LogP contribution < -0.4 is 0 Å². The number of hydrogen-bond acceptors (Lipinski definition) is 0. The van der Waals surface area contributed by atoms with Crippen LogP contribution in [0.5, 0.6) is 0 Å². The molecule has 0 aliphatic carbocycles. The first kappa shape index (κ1) is 7.37. The highest BCUT2D eigenvalue weighted by atomic mass is 79.9. The van der Waals surface area contributed by atoms with Gasteiger partial charge >= 0.3 is 0 Å². The molecule has 0 heterocycles. The van der Waals surface area contributed by atoms with Gasteiger partial charge in [-0.2, -0.15) is 0 Å². The summed E-state index contributed by atoms with van der Waals surface area (Å²) in [6.45, 7) is 0. The predicted molar refractivity (Wildman–Crippen MR) is 46.4 cm³/mol. The van der Waals surface area contributed by atoms with Crippen LogP contribution in [0.25, 0.3) is 0 Å². The van der Waals surface area contributed by atoms with E-state index in [0.717, 1.165) is 10.0 Å². The molecule has 0 aromatic heterocycles. The maximum atomic E-state index is 5.09. The van der Waals surface area contributed by atoms with Crippen molar-refractivity contribution in [3.8, 4) is 12.3 Å². The second-order valence-corrected chi connectivity index (χ2v) is 2.78. The lowest BCUT2D eigenvalue weighted by Gasteiger charge is -1.93. The molecule has 0 unspecified atom stereocenters. The molecule has 0 aliphatic rings. The highest BCUT2D eigenvalue weighted by Gasteiger charge is 1.89. The molecule has 0 atom stereocenters. The zero-order chi connectivity index (χ0) is 7.40. The lowest BCUT2D eigenvalue weighted by molar-refractivity contribution is 1.52. The summed E-state index contributed by atoms with van der Waals surface area (Å²) in [6, 6.07) is 7.85. The molecule has 0 amide bonds. The average Bonchev–Trinajstić information content (AvgIpc) is 1.88. The van der Waals surface area contributed by atoms with E-state index in [9.17, 15) is 0 Å². The summed E-state index contributed by atoms with van der Waals surface area (Å²) in [5.74, 6) is 2.47. The number of benzene rings is 1. The first-order valence-electron chi connectivity index (χ1n) is 2.88. The van der Waals surface area contributed by atoms with Gasteiger partial charge in [0.25, 0.3) is 0 Å². The SMILES string of the molecule is C#C[CH]c1cccc(Br)c1. The minimum Gasteiger partial charge on any atom is -0.119 e. The maximum absolute atomic E-state index is 5.09. The van der Waals surface area contributed by atoms with E-state index in [2.05, 4.69) is 21.9 Å². The molecule has 0 saturated heterocycles. The fraction of sp³-hybridized carbons (Fsp3) is 0. The Morgan fingerprint density at radius 1 is 1.50 bits per heavy atom. The zero-order valence-electron chi connectivity index (χ0n) is 5.34. The van der Waals surface area contributed by atoms with Crippen molar-refractivity contribution in [3.63, 3.8) is 0 Å². The molecule has 1 aromatic carbocycles. The normalized spacial score (nSPS) is 8.80. The Labute approximate surface area is 69.4 Å². The van der Waals surface area contributed by atoms with Gasteiger partial charge in [-0.3, -0.25) is 0 Å². The standard InChI is InChI=1S/C9H6Br/c1-2-4-8-5-3-6-9(10)7-8/h1,3-7H. The number of rotatable bonds is 1. The number of terminal acetylenes is 1. The lowest BCUT2D eigenvalue weighted by atomic mass is 10.2. The molecule has 0 fully saturated rings. The molecule has 0 bridgehead atoms. The molecule has 1 rings (SSSR count). The second-order valence-electron chi connectivity index (χ2n) is 1.87. The molecule has 0 N–H and O–H groups in total. The van der Waals surface area contributed by atoms with E-state index < -0.39 is 0 Å². The summed E-state index contributed by atoms with van der Waals surface area (Å²) >= 11 is 3.34. The van der Waals surface area contributed by atoms with Crippen molar-refractivity contribution >= 4 is 15.9 Å². The van der Waals surface area contributed by atoms with Gasteiger partial charge < -0.3 is 0 Å². The van der Waals surface area contributed by atoms with Gasteiger partial charge in [-0.25, -0.2) is 0 Å². The largest absolute Gasteiger partial charge is 0.119 e. The zero-order valence-corrected chi connectivity index (χ0v) is 6.93. The van der Waals surface area contributed by atoms with E-state index in [4.69, 9.17) is 6.42 Å². The topological polar surface area (TPSA) is 0 Å². The fourth-order valence-corrected chi connectivity index (χ4v) is 1.11. The van der Waals surface area contributed by atoms with Crippen molar-refractivity contribution in [2.24, 2.45) is 0 Å². The number of halogens is 1. The fourth-order valence-electron chi connectivity index (χ4n) is 0.693. The number of hydrogen-bond donors (Lipinski definition) is 0. The van der Waals surface area contributed by atoms with E-state index in [1.165, 1.54) is 0 Å². The van der Waals surface area contributed by atoms with Crippen LogP contribution in [0.3, 0.4) is 0 Å². The Morgan fingerprint density at radius 2 is 2.30 bits per heavy atom. The molecular weight excluding hydrogens is 188 g/mol.